The molecule has 0 radical (unpaired) electrons. The van der Waals surface area contributed by atoms with Gasteiger partial charge in [0.05, 0.1) is 31.3 Å². The van der Waals surface area contributed by atoms with E-state index in [1.54, 1.807) is 0 Å². The predicted molar refractivity (Wildman–Crippen MR) is 94.4 cm³/mol. The van der Waals surface area contributed by atoms with E-state index in [4.69, 9.17) is 4.74 Å². The van der Waals surface area contributed by atoms with Crippen LogP contribution in [0.2, 0.25) is 0 Å². The van der Waals surface area contributed by atoms with Gasteiger partial charge in [0.1, 0.15) is 0 Å². The highest BCUT2D eigenvalue weighted by atomic mass is 127. The molecule has 2 saturated heterocycles. The molecule has 23 heavy (non-hydrogen) atoms. The molecule has 2 N–H and O–H groups in total. The summed E-state index contributed by atoms with van der Waals surface area (Å²) in [6, 6.07) is 0.254. The van der Waals surface area contributed by atoms with Crippen LogP contribution in [0.1, 0.15) is 26.2 Å². The Bertz CT molecular complexity index is 395. The zero-order valence-electron chi connectivity index (χ0n) is 13.5. The first kappa shape index (κ1) is 20.8. The summed E-state index contributed by atoms with van der Waals surface area (Å²) in [5, 5.41) is 6.48. The molecule has 0 aliphatic carbocycles. The van der Waals surface area contributed by atoms with Gasteiger partial charge in [0.25, 0.3) is 0 Å². The molecule has 0 aromatic carbocycles. The average molecular weight is 450 g/mol. The third-order valence-corrected chi connectivity index (χ3v) is 3.97. The number of nitrogens with zero attached hydrogens (tertiary/aromatic N) is 2. The molecule has 0 aromatic rings. The van der Waals surface area contributed by atoms with E-state index >= 15 is 0 Å². The maximum atomic E-state index is 12.3. The minimum Gasteiger partial charge on any atom is -0.373 e. The van der Waals surface area contributed by atoms with Crippen molar-refractivity contribution in [2.45, 2.75) is 50.6 Å². The molecule has 2 aliphatic heterocycles. The lowest BCUT2D eigenvalue weighted by atomic mass is 9.96. The van der Waals surface area contributed by atoms with Gasteiger partial charge in [0, 0.05) is 13.1 Å². The summed E-state index contributed by atoms with van der Waals surface area (Å²) in [5.74, 6) is 0.657. The Morgan fingerprint density at radius 2 is 2.09 bits per heavy atom. The molecule has 136 valence electrons. The zero-order chi connectivity index (χ0) is 16.2. The van der Waals surface area contributed by atoms with Crippen LogP contribution in [0.15, 0.2) is 4.99 Å². The number of halogens is 4. The SMILES string of the molecule is CCNC(=NCCN(C)CC(F)(F)F)NC1CC2CCC1O2.I. The van der Waals surface area contributed by atoms with E-state index in [0.717, 1.165) is 19.3 Å². The van der Waals surface area contributed by atoms with E-state index in [1.807, 2.05) is 6.92 Å². The number of aliphatic imine (C=N–C) groups is 1. The Morgan fingerprint density at radius 3 is 2.61 bits per heavy atom. The van der Waals surface area contributed by atoms with Crippen molar-refractivity contribution in [3.8, 4) is 0 Å². The van der Waals surface area contributed by atoms with Crippen molar-refractivity contribution in [1.29, 1.82) is 0 Å². The standard InChI is InChI=1S/C14H25F3N4O.HI/c1-3-18-13(19-6-7-21(2)9-14(15,16)17)20-11-8-10-4-5-12(11)22-10;/h10-12H,3-9H2,1-2H3,(H2,18,19,20);1H. The van der Waals surface area contributed by atoms with Crippen LogP contribution >= 0.6 is 24.0 Å². The van der Waals surface area contributed by atoms with E-state index in [-0.39, 0.29) is 42.7 Å². The smallest absolute Gasteiger partial charge is 0.373 e. The van der Waals surface area contributed by atoms with Crippen molar-refractivity contribution in [2.24, 2.45) is 4.99 Å². The maximum absolute atomic E-state index is 12.3. The fraction of sp³-hybridized carbons (Fsp3) is 0.929. The largest absolute Gasteiger partial charge is 0.401 e. The van der Waals surface area contributed by atoms with Crippen LogP contribution in [0.25, 0.3) is 0 Å². The summed E-state index contributed by atoms with van der Waals surface area (Å²) < 4.78 is 42.5. The van der Waals surface area contributed by atoms with Crippen molar-refractivity contribution in [3.05, 3.63) is 0 Å². The molecule has 2 rings (SSSR count). The molecule has 3 unspecified atom stereocenters. The molecule has 2 fully saturated rings. The van der Waals surface area contributed by atoms with Gasteiger partial charge in [-0.15, -0.1) is 24.0 Å². The maximum Gasteiger partial charge on any atom is 0.401 e. The van der Waals surface area contributed by atoms with Crippen LogP contribution in [-0.4, -0.2) is 68.5 Å². The molecular formula is C14H26F3IN4O. The quantitative estimate of drug-likeness (QED) is 0.369. The topological polar surface area (TPSA) is 48.9 Å². The number of likely N-dealkylation sites (N-methyl/N-ethyl adjacent to an activating group) is 1. The summed E-state index contributed by atoms with van der Waals surface area (Å²) in [6.45, 7) is 2.36. The molecule has 0 aromatic heterocycles. The predicted octanol–water partition coefficient (Wildman–Crippen LogP) is 1.97. The molecule has 5 nitrogen and oxygen atoms in total. The summed E-state index contributed by atoms with van der Waals surface area (Å²) in [7, 11) is 1.45. The molecule has 2 bridgehead atoms. The number of nitrogens with one attached hydrogen (secondary N) is 2. The molecule has 2 heterocycles. The molecule has 0 amide bonds. The second kappa shape index (κ2) is 9.26. The Balaban J connectivity index is 0.00000264. The van der Waals surface area contributed by atoms with E-state index in [1.165, 1.54) is 11.9 Å². The van der Waals surface area contributed by atoms with Crippen LogP contribution in [0.3, 0.4) is 0 Å². The Labute approximate surface area is 152 Å². The number of ether oxygens (including phenoxy) is 1. The zero-order valence-corrected chi connectivity index (χ0v) is 15.9. The van der Waals surface area contributed by atoms with Crippen molar-refractivity contribution >= 4 is 29.9 Å². The summed E-state index contributed by atoms with van der Waals surface area (Å²) in [4.78, 5) is 5.59. The van der Waals surface area contributed by atoms with Crippen molar-refractivity contribution in [3.63, 3.8) is 0 Å². The van der Waals surface area contributed by atoms with Gasteiger partial charge >= 0.3 is 6.18 Å². The molecule has 9 heteroatoms. The second-order valence-corrected chi connectivity index (χ2v) is 5.97. The summed E-state index contributed by atoms with van der Waals surface area (Å²) in [6.07, 6.45) is -0.412. The lowest BCUT2D eigenvalue weighted by Gasteiger charge is -2.23. The van der Waals surface area contributed by atoms with E-state index in [9.17, 15) is 13.2 Å². The van der Waals surface area contributed by atoms with E-state index in [2.05, 4.69) is 15.6 Å². The van der Waals surface area contributed by atoms with Crippen molar-refractivity contribution in [1.82, 2.24) is 15.5 Å². The second-order valence-electron chi connectivity index (χ2n) is 5.97. The van der Waals surface area contributed by atoms with Gasteiger partial charge < -0.3 is 15.4 Å². The van der Waals surface area contributed by atoms with Crippen LogP contribution in [0.5, 0.6) is 0 Å². The number of hydrogen-bond acceptors (Lipinski definition) is 3. The number of guanidine groups is 1. The highest BCUT2D eigenvalue weighted by molar-refractivity contribution is 14.0. The van der Waals surface area contributed by atoms with Gasteiger partial charge in [0.15, 0.2) is 5.96 Å². The fourth-order valence-corrected chi connectivity index (χ4v) is 3.00. The number of hydrogen-bond donors (Lipinski definition) is 2. The van der Waals surface area contributed by atoms with Crippen molar-refractivity contribution in [2.75, 3.05) is 33.2 Å². The third-order valence-electron chi connectivity index (χ3n) is 3.97. The van der Waals surface area contributed by atoms with Crippen LogP contribution < -0.4 is 10.6 Å². The molecular weight excluding hydrogens is 424 g/mol. The first-order valence-electron chi connectivity index (χ1n) is 7.83. The highest BCUT2D eigenvalue weighted by Crippen LogP contribution is 2.34. The Hall–Kier alpha value is -0.290. The summed E-state index contributed by atoms with van der Waals surface area (Å²) >= 11 is 0. The van der Waals surface area contributed by atoms with Gasteiger partial charge in [-0.05, 0) is 33.2 Å². The Morgan fingerprint density at radius 1 is 1.35 bits per heavy atom. The van der Waals surface area contributed by atoms with Gasteiger partial charge in [-0.25, -0.2) is 0 Å². The van der Waals surface area contributed by atoms with Gasteiger partial charge in [-0.3, -0.25) is 9.89 Å². The minimum absolute atomic E-state index is 0. The van der Waals surface area contributed by atoms with Crippen LogP contribution in [-0.2, 0) is 4.74 Å². The first-order chi connectivity index (χ1) is 10.4. The van der Waals surface area contributed by atoms with Gasteiger partial charge in [-0.2, -0.15) is 13.2 Å². The average Bonchev–Trinajstić information content (AvgIpc) is 2.99. The van der Waals surface area contributed by atoms with Gasteiger partial charge in [-0.1, -0.05) is 0 Å². The number of rotatable bonds is 6. The van der Waals surface area contributed by atoms with Crippen molar-refractivity contribution < 1.29 is 17.9 Å². The Kier molecular flexibility index (Phi) is 8.36. The number of alkyl halides is 3. The fourth-order valence-electron chi connectivity index (χ4n) is 3.00. The van der Waals surface area contributed by atoms with E-state index < -0.39 is 12.7 Å². The molecule has 0 saturated carbocycles. The third kappa shape index (κ3) is 7.00. The minimum atomic E-state index is -4.17. The molecule has 2 aliphatic rings. The lowest BCUT2D eigenvalue weighted by Crippen LogP contribution is -2.47. The first-order valence-corrected chi connectivity index (χ1v) is 7.83. The number of fused-ring (bicyclic) bond motifs is 2. The normalized spacial score (nSPS) is 27.2. The van der Waals surface area contributed by atoms with Crippen LogP contribution in [0.4, 0.5) is 13.2 Å². The monoisotopic (exact) mass is 450 g/mol. The molecule has 0 spiro atoms. The van der Waals surface area contributed by atoms with E-state index in [0.29, 0.717) is 25.2 Å². The molecule has 3 atom stereocenters. The lowest BCUT2D eigenvalue weighted by molar-refractivity contribution is -0.142. The van der Waals surface area contributed by atoms with Crippen LogP contribution in [0, 0.1) is 0 Å². The highest BCUT2D eigenvalue weighted by Gasteiger charge is 2.41. The summed E-state index contributed by atoms with van der Waals surface area (Å²) in [5.41, 5.74) is 0. The van der Waals surface area contributed by atoms with Gasteiger partial charge in [0.2, 0.25) is 0 Å².